The number of rotatable bonds is 6. The lowest BCUT2D eigenvalue weighted by molar-refractivity contribution is 0.340. The summed E-state index contributed by atoms with van der Waals surface area (Å²) in [4.78, 5) is 8.16. The molecule has 20 heavy (non-hydrogen) atoms. The standard InChI is InChI=1S/C15H18FN3O/c1-3-8-17-15-18-10-13(16)14(19-15)11-6-5-7-12(9-11)20-4-2/h5-7,9-10H,3-4,8H2,1-2H3,(H,17,18,19). The first kappa shape index (κ1) is 14.2. The largest absolute Gasteiger partial charge is 0.494 e. The van der Waals surface area contributed by atoms with Crippen LogP contribution in [0.3, 0.4) is 0 Å². The van der Waals surface area contributed by atoms with E-state index in [9.17, 15) is 4.39 Å². The molecule has 0 atom stereocenters. The molecule has 4 nitrogen and oxygen atoms in total. The molecule has 1 heterocycles. The normalized spacial score (nSPS) is 10.3. The van der Waals surface area contributed by atoms with Gasteiger partial charge in [-0.3, -0.25) is 0 Å². The third-order valence-corrected chi connectivity index (χ3v) is 2.70. The van der Waals surface area contributed by atoms with Gasteiger partial charge in [0.15, 0.2) is 5.82 Å². The minimum Gasteiger partial charge on any atom is -0.494 e. The van der Waals surface area contributed by atoms with E-state index >= 15 is 0 Å². The van der Waals surface area contributed by atoms with Crippen molar-refractivity contribution >= 4 is 5.95 Å². The Bertz CT molecular complexity index is 575. The predicted molar refractivity (Wildman–Crippen MR) is 77.4 cm³/mol. The lowest BCUT2D eigenvalue weighted by Gasteiger charge is -2.08. The molecule has 0 saturated carbocycles. The highest BCUT2D eigenvalue weighted by Crippen LogP contribution is 2.25. The zero-order chi connectivity index (χ0) is 14.4. The highest BCUT2D eigenvalue weighted by atomic mass is 19.1. The molecule has 5 heteroatoms. The molecular weight excluding hydrogens is 257 g/mol. The van der Waals surface area contributed by atoms with Gasteiger partial charge in [0.1, 0.15) is 11.4 Å². The summed E-state index contributed by atoms with van der Waals surface area (Å²) in [6, 6.07) is 7.24. The van der Waals surface area contributed by atoms with Gasteiger partial charge in [-0.05, 0) is 25.5 Å². The van der Waals surface area contributed by atoms with E-state index < -0.39 is 5.82 Å². The molecule has 2 rings (SSSR count). The van der Waals surface area contributed by atoms with Crippen LogP contribution in [-0.4, -0.2) is 23.1 Å². The minimum atomic E-state index is -0.444. The second-order valence-corrected chi connectivity index (χ2v) is 4.28. The molecule has 0 saturated heterocycles. The molecule has 1 aromatic carbocycles. The lowest BCUT2D eigenvalue weighted by Crippen LogP contribution is -2.05. The van der Waals surface area contributed by atoms with Crippen LogP contribution in [0.2, 0.25) is 0 Å². The summed E-state index contributed by atoms with van der Waals surface area (Å²) in [5, 5.41) is 3.05. The molecule has 1 N–H and O–H groups in total. The topological polar surface area (TPSA) is 47.0 Å². The van der Waals surface area contributed by atoms with Crippen LogP contribution in [0, 0.1) is 5.82 Å². The van der Waals surface area contributed by atoms with Crippen LogP contribution in [0.5, 0.6) is 5.75 Å². The first-order valence-electron chi connectivity index (χ1n) is 6.74. The predicted octanol–water partition coefficient (Wildman–Crippen LogP) is 3.50. The van der Waals surface area contributed by atoms with Crippen molar-refractivity contribution in [2.75, 3.05) is 18.5 Å². The van der Waals surface area contributed by atoms with Crippen molar-refractivity contribution in [1.29, 1.82) is 0 Å². The monoisotopic (exact) mass is 275 g/mol. The van der Waals surface area contributed by atoms with Crippen LogP contribution >= 0.6 is 0 Å². The highest BCUT2D eigenvalue weighted by molar-refractivity contribution is 5.62. The molecule has 1 aromatic heterocycles. The summed E-state index contributed by atoms with van der Waals surface area (Å²) < 4.78 is 19.3. The van der Waals surface area contributed by atoms with E-state index in [4.69, 9.17) is 4.74 Å². The Kier molecular flexibility index (Phi) is 4.87. The van der Waals surface area contributed by atoms with E-state index in [1.165, 1.54) is 6.20 Å². The third kappa shape index (κ3) is 3.44. The van der Waals surface area contributed by atoms with Crippen molar-refractivity contribution in [3.05, 3.63) is 36.3 Å². The SMILES string of the molecule is CCCNc1ncc(F)c(-c2cccc(OCC)c2)n1. The number of aromatic nitrogens is 2. The zero-order valence-electron chi connectivity index (χ0n) is 11.7. The number of ether oxygens (including phenoxy) is 1. The molecular formula is C15H18FN3O. The summed E-state index contributed by atoms with van der Waals surface area (Å²) in [6.07, 6.45) is 2.14. The van der Waals surface area contributed by atoms with E-state index in [0.29, 0.717) is 23.9 Å². The number of nitrogens with one attached hydrogen (secondary N) is 1. The molecule has 0 spiro atoms. The van der Waals surface area contributed by atoms with Crippen LogP contribution in [0.1, 0.15) is 20.3 Å². The fourth-order valence-corrected chi connectivity index (χ4v) is 1.79. The van der Waals surface area contributed by atoms with Crippen LogP contribution in [0.4, 0.5) is 10.3 Å². The number of hydrogen-bond donors (Lipinski definition) is 1. The van der Waals surface area contributed by atoms with Crippen molar-refractivity contribution in [1.82, 2.24) is 9.97 Å². The maximum absolute atomic E-state index is 13.9. The molecule has 0 aliphatic rings. The zero-order valence-corrected chi connectivity index (χ0v) is 11.7. The third-order valence-electron chi connectivity index (χ3n) is 2.70. The van der Waals surface area contributed by atoms with Crippen LogP contribution < -0.4 is 10.1 Å². The Labute approximate surface area is 118 Å². The van der Waals surface area contributed by atoms with Gasteiger partial charge >= 0.3 is 0 Å². The molecule has 0 unspecified atom stereocenters. The van der Waals surface area contributed by atoms with Gasteiger partial charge in [-0.25, -0.2) is 14.4 Å². The van der Waals surface area contributed by atoms with E-state index in [-0.39, 0.29) is 5.69 Å². The van der Waals surface area contributed by atoms with Crippen LogP contribution in [0.25, 0.3) is 11.3 Å². The number of halogens is 1. The second-order valence-electron chi connectivity index (χ2n) is 4.28. The fourth-order valence-electron chi connectivity index (χ4n) is 1.79. The quantitative estimate of drug-likeness (QED) is 0.876. The van der Waals surface area contributed by atoms with E-state index in [2.05, 4.69) is 15.3 Å². The molecule has 106 valence electrons. The molecule has 0 radical (unpaired) electrons. The van der Waals surface area contributed by atoms with Crippen molar-refractivity contribution in [3.63, 3.8) is 0 Å². The van der Waals surface area contributed by atoms with E-state index in [1.54, 1.807) is 12.1 Å². The first-order chi connectivity index (χ1) is 9.74. The van der Waals surface area contributed by atoms with E-state index in [0.717, 1.165) is 13.0 Å². The maximum Gasteiger partial charge on any atom is 0.223 e. The Balaban J connectivity index is 2.32. The molecule has 0 amide bonds. The Morgan fingerprint density at radius 3 is 2.90 bits per heavy atom. The van der Waals surface area contributed by atoms with Gasteiger partial charge in [0, 0.05) is 12.1 Å². The summed E-state index contributed by atoms with van der Waals surface area (Å²) in [5.41, 5.74) is 0.954. The summed E-state index contributed by atoms with van der Waals surface area (Å²) in [7, 11) is 0. The average Bonchev–Trinajstić information content (AvgIpc) is 2.47. The highest BCUT2D eigenvalue weighted by Gasteiger charge is 2.10. The van der Waals surface area contributed by atoms with E-state index in [1.807, 2.05) is 26.0 Å². The minimum absolute atomic E-state index is 0.278. The van der Waals surface area contributed by atoms with Crippen molar-refractivity contribution in [2.45, 2.75) is 20.3 Å². The Morgan fingerprint density at radius 2 is 2.15 bits per heavy atom. The molecule has 2 aromatic rings. The number of anilines is 1. The smallest absolute Gasteiger partial charge is 0.223 e. The Hall–Kier alpha value is -2.17. The average molecular weight is 275 g/mol. The van der Waals surface area contributed by atoms with Crippen molar-refractivity contribution in [2.24, 2.45) is 0 Å². The van der Waals surface area contributed by atoms with Gasteiger partial charge in [0.2, 0.25) is 5.95 Å². The van der Waals surface area contributed by atoms with Crippen molar-refractivity contribution in [3.8, 4) is 17.0 Å². The van der Waals surface area contributed by atoms with Gasteiger partial charge in [0.25, 0.3) is 0 Å². The number of hydrogen-bond acceptors (Lipinski definition) is 4. The van der Waals surface area contributed by atoms with Gasteiger partial charge in [-0.15, -0.1) is 0 Å². The molecule has 0 aliphatic carbocycles. The van der Waals surface area contributed by atoms with Gasteiger partial charge in [0.05, 0.1) is 12.8 Å². The first-order valence-corrected chi connectivity index (χ1v) is 6.74. The summed E-state index contributed by atoms with van der Waals surface area (Å²) in [6.45, 7) is 5.27. The van der Waals surface area contributed by atoms with Crippen molar-refractivity contribution < 1.29 is 9.13 Å². The van der Waals surface area contributed by atoms with Gasteiger partial charge in [-0.2, -0.15) is 0 Å². The van der Waals surface area contributed by atoms with Gasteiger partial charge < -0.3 is 10.1 Å². The van der Waals surface area contributed by atoms with Crippen LogP contribution in [0.15, 0.2) is 30.5 Å². The summed E-state index contributed by atoms with van der Waals surface area (Å²) in [5.74, 6) is 0.692. The molecule has 0 bridgehead atoms. The molecule has 0 aliphatic heterocycles. The van der Waals surface area contributed by atoms with Gasteiger partial charge in [-0.1, -0.05) is 19.1 Å². The Morgan fingerprint density at radius 1 is 1.30 bits per heavy atom. The number of benzene rings is 1. The number of nitrogens with zero attached hydrogens (tertiary/aromatic N) is 2. The summed E-state index contributed by atoms with van der Waals surface area (Å²) >= 11 is 0. The lowest BCUT2D eigenvalue weighted by atomic mass is 10.1. The maximum atomic E-state index is 13.9. The molecule has 0 fully saturated rings. The second kappa shape index (κ2) is 6.84. The van der Waals surface area contributed by atoms with Crippen LogP contribution in [-0.2, 0) is 0 Å². The fraction of sp³-hybridized carbons (Fsp3) is 0.333.